The van der Waals surface area contributed by atoms with Crippen LogP contribution >= 0.6 is 0 Å². The number of hydrogen-bond donors (Lipinski definition) is 1. The van der Waals surface area contributed by atoms with E-state index in [1.165, 1.54) is 6.33 Å². The lowest BCUT2D eigenvalue weighted by atomic mass is 9.76. The maximum atomic E-state index is 11.2. The molecule has 5 nitrogen and oxygen atoms in total. The Bertz CT molecular complexity index is 820. The zero-order chi connectivity index (χ0) is 18.8. The molecular formula is C21H25N3O2. The Morgan fingerprint density at radius 1 is 0.923 bits per heavy atom. The van der Waals surface area contributed by atoms with Gasteiger partial charge in [0.05, 0.1) is 0 Å². The lowest BCUT2D eigenvalue weighted by Crippen LogP contribution is -2.50. The summed E-state index contributed by atoms with van der Waals surface area (Å²) in [6.07, 6.45) is 2.30. The molecule has 0 bridgehead atoms. The van der Waals surface area contributed by atoms with Gasteiger partial charge in [0.25, 0.3) is 0 Å². The zero-order valence-corrected chi connectivity index (χ0v) is 15.6. The number of rotatable bonds is 5. The first-order valence-corrected chi connectivity index (χ1v) is 8.68. The molecule has 2 atom stereocenters. The predicted octanol–water partition coefficient (Wildman–Crippen LogP) is 4.32. The van der Waals surface area contributed by atoms with E-state index in [9.17, 15) is 5.11 Å². The molecule has 1 aromatic heterocycles. The quantitative estimate of drug-likeness (QED) is 0.744. The fraction of sp³-hybridized carbons (Fsp3) is 0.333. The van der Waals surface area contributed by atoms with Crippen LogP contribution in [0.4, 0.5) is 0 Å². The highest BCUT2D eigenvalue weighted by atomic mass is 16.5. The van der Waals surface area contributed by atoms with Gasteiger partial charge in [0.15, 0.2) is 0 Å². The second-order valence-corrected chi connectivity index (χ2v) is 7.63. The first-order chi connectivity index (χ1) is 12.3. The molecule has 3 aromatic rings. The molecule has 136 valence electrons. The molecule has 5 heteroatoms. The summed E-state index contributed by atoms with van der Waals surface area (Å²) in [6, 6.07) is 18.0. The van der Waals surface area contributed by atoms with E-state index in [0.717, 1.165) is 11.1 Å². The topological polar surface area (TPSA) is 60.2 Å². The molecule has 0 fully saturated rings. The molecule has 0 amide bonds. The van der Waals surface area contributed by atoms with Gasteiger partial charge in [-0.1, -0.05) is 63.2 Å². The van der Waals surface area contributed by atoms with Gasteiger partial charge in [-0.15, -0.1) is 0 Å². The minimum absolute atomic E-state index is 0.423. The van der Waals surface area contributed by atoms with E-state index in [-0.39, 0.29) is 0 Å². The van der Waals surface area contributed by atoms with Crippen molar-refractivity contribution < 1.29 is 9.84 Å². The number of aliphatic hydroxyl groups is 1. The van der Waals surface area contributed by atoms with Crippen molar-refractivity contribution in [2.24, 2.45) is 5.41 Å². The van der Waals surface area contributed by atoms with Gasteiger partial charge in [0.1, 0.15) is 24.0 Å². The van der Waals surface area contributed by atoms with Crippen LogP contribution in [0.2, 0.25) is 0 Å². The first kappa shape index (κ1) is 18.1. The van der Waals surface area contributed by atoms with Gasteiger partial charge in [-0.3, -0.25) is 0 Å². The van der Waals surface area contributed by atoms with Crippen molar-refractivity contribution in [1.29, 1.82) is 0 Å². The standard InChI is InChI=1S/C21H25N3O2/c1-20(2,3)21(4,25)19(24-15-22-14-23-24)26-18-12-10-17(11-13-18)16-8-6-5-7-9-16/h5-15,19,25H,1-4H3. The molecule has 2 aromatic carbocycles. The highest BCUT2D eigenvalue weighted by Crippen LogP contribution is 2.39. The van der Waals surface area contributed by atoms with E-state index in [4.69, 9.17) is 4.74 Å². The Morgan fingerprint density at radius 2 is 1.54 bits per heavy atom. The molecule has 0 saturated carbocycles. The zero-order valence-electron chi connectivity index (χ0n) is 15.6. The Balaban J connectivity index is 1.88. The summed E-state index contributed by atoms with van der Waals surface area (Å²) in [7, 11) is 0. The third kappa shape index (κ3) is 3.63. The molecular weight excluding hydrogens is 326 g/mol. The van der Waals surface area contributed by atoms with Gasteiger partial charge < -0.3 is 9.84 Å². The lowest BCUT2D eigenvalue weighted by Gasteiger charge is -2.42. The molecule has 0 radical (unpaired) electrons. The van der Waals surface area contributed by atoms with Crippen LogP contribution in [-0.2, 0) is 0 Å². The first-order valence-electron chi connectivity index (χ1n) is 8.68. The van der Waals surface area contributed by atoms with Crippen LogP contribution in [-0.4, -0.2) is 25.5 Å². The van der Waals surface area contributed by atoms with Gasteiger partial charge in [-0.25, -0.2) is 9.67 Å². The summed E-state index contributed by atoms with van der Waals surface area (Å²) in [5, 5.41) is 15.3. The summed E-state index contributed by atoms with van der Waals surface area (Å²) in [5.74, 6) is 0.662. The summed E-state index contributed by atoms with van der Waals surface area (Å²) >= 11 is 0. The largest absolute Gasteiger partial charge is 0.466 e. The third-order valence-corrected chi connectivity index (χ3v) is 4.89. The average molecular weight is 351 g/mol. The lowest BCUT2D eigenvalue weighted by molar-refractivity contribution is -0.153. The molecule has 3 rings (SSSR count). The van der Waals surface area contributed by atoms with Crippen LogP contribution in [0, 0.1) is 5.41 Å². The van der Waals surface area contributed by atoms with Gasteiger partial charge in [-0.2, -0.15) is 5.10 Å². The molecule has 1 N–H and O–H groups in total. The van der Waals surface area contributed by atoms with Crippen molar-refractivity contribution >= 4 is 0 Å². The molecule has 0 aliphatic carbocycles. The Morgan fingerprint density at radius 3 is 2.08 bits per heavy atom. The van der Waals surface area contributed by atoms with E-state index in [0.29, 0.717) is 5.75 Å². The fourth-order valence-corrected chi connectivity index (χ4v) is 2.62. The number of ether oxygens (including phenoxy) is 1. The smallest absolute Gasteiger partial charge is 0.221 e. The highest BCUT2D eigenvalue weighted by Gasteiger charge is 2.46. The summed E-state index contributed by atoms with van der Waals surface area (Å²) in [5.41, 5.74) is 0.665. The van der Waals surface area contributed by atoms with E-state index in [2.05, 4.69) is 22.2 Å². The minimum atomic E-state index is -1.17. The Labute approximate surface area is 154 Å². The third-order valence-electron chi connectivity index (χ3n) is 4.89. The van der Waals surface area contributed by atoms with Crippen molar-refractivity contribution in [3.8, 4) is 16.9 Å². The summed E-state index contributed by atoms with van der Waals surface area (Å²) < 4.78 is 7.70. The molecule has 0 aliphatic rings. The molecule has 1 heterocycles. The van der Waals surface area contributed by atoms with E-state index >= 15 is 0 Å². The van der Waals surface area contributed by atoms with Gasteiger partial charge in [-0.05, 0) is 35.6 Å². The second-order valence-electron chi connectivity index (χ2n) is 7.63. The minimum Gasteiger partial charge on any atom is -0.466 e. The van der Waals surface area contributed by atoms with E-state index < -0.39 is 17.2 Å². The Hall–Kier alpha value is -2.66. The average Bonchev–Trinajstić information content (AvgIpc) is 3.14. The monoisotopic (exact) mass is 351 g/mol. The highest BCUT2D eigenvalue weighted by molar-refractivity contribution is 5.63. The maximum Gasteiger partial charge on any atom is 0.221 e. The fourth-order valence-electron chi connectivity index (χ4n) is 2.62. The number of nitrogens with zero attached hydrogens (tertiary/aromatic N) is 3. The SMILES string of the molecule is CC(C)(C)C(C)(O)C(Oc1ccc(-c2ccccc2)cc1)n1cncn1. The van der Waals surface area contributed by atoms with Crippen LogP contribution in [0.1, 0.15) is 33.9 Å². The summed E-state index contributed by atoms with van der Waals surface area (Å²) in [4.78, 5) is 3.99. The molecule has 2 unspecified atom stereocenters. The maximum absolute atomic E-state index is 11.2. The number of aromatic nitrogens is 3. The van der Waals surface area contributed by atoms with E-state index in [1.807, 2.05) is 63.2 Å². The number of hydrogen-bond acceptors (Lipinski definition) is 4. The van der Waals surface area contributed by atoms with Gasteiger partial charge in [0.2, 0.25) is 6.23 Å². The number of benzene rings is 2. The van der Waals surface area contributed by atoms with Crippen molar-refractivity contribution in [2.45, 2.75) is 39.5 Å². The summed E-state index contributed by atoms with van der Waals surface area (Å²) in [6.45, 7) is 7.67. The van der Waals surface area contributed by atoms with Crippen LogP contribution < -0.4 is 4.74 Å². The van der Waals surface area contributed by atoms with Gasteiger partial charge in [0, 0.05) is 0 Å². The van der Waals surface area contributed by atoms with Gasteiger partial charge >= 0.3 is 0 Å². The van der Waals surface area contributed by atoms with Crippen LogP contribution in [0.25, 0.3) is 11.1 Å². The van der Waals surface area contributed by atoms with Crippen LogP contribution in [0.15, 0.2) is 67.3 Å². The van der Waals surface area contributed by atoms with Crippen molar-refractivity contribution in [2.75, 3.05) is 0 Å². The molecule has 0 saturated heterocycles. The van der Waals surface area contributed by atoms with Crippen molar-refractivity contribution in [1.82, 2.24) is 14.8 Å². The second kappa shape index (κ2) is 6.92. The molecule has 26 heavy (non-hydrogen) atoms. The van der Waals surface area contributed by atoms with Crippen molar-refractivity contribution in [3.63, 3.8) is 0 Å². The molecule has 0 aliphatic heterocycles. The van der Waals surface area contributed by atoms with E-state index in [1.54, 1.807) is 17.9 Å². The Kier molecular flexibility index (Phi) is 4.83. The van der Waals surface area contributed by atoms with Crippen LogP contribution in [0.3, 0.4) is 0 Å². The van der Waals surface area contributed by atoms with Crippen molar-refractivity contribution in [3.05, 3.63) is 67.3 Å². The van der Waals surface area contributed by atoms with Crippen LogP contribution in [0.5, 0.6) is 5.75 Å². The normalized spacial score (nSPS) is 15.3. The predicted molar refractivity (Wildman–Crippen MR) is 102 cm³/mol. The molecule has 0 spiro atoms.